The number of hydrogen-bond acceptors (Lipinski definition) is 7. The lowest BCUT2D eigenvalue weighted by Crippen LogP contribution is -2.33. The molecule has 0 radical (unpaired) electrons. The van der Waals surface area contributed by atoms with E-state index >= 15 is 0 Å². The molecule has 2 aliphatic rings. The average molecular weight is 497 g/mol. The van der Waals surface area contributed by atoms with Crippen molar-refractivity contribution in [2.24, 2.45) is 4.99 Å². The van der Waals surface area contributed by atoms with Gasteiger partial charge in [0.2, 0.25) is 5.91 Å². The number of amidine groups is 1. The molecule has 184 valence electrons. The van der Waals surface area contributed by atoms with Crippen LogP contribution in [0.5, 0.6) is 11.5 Å². The van der Waals surface area contributed by atoms with Gasteiger partial charge in [-0.3, -0.25) is 14.4 Å². The molecule has 2 aromatic rings. The zero-order valence-corrected chi connectivity index (χ0v) is 20.3. The average Bonchev–Trinajstić information content (AvgIpc) is 3.23. The Morgan fingerprint density at radius 2 is 1.97 bits per heavy atom. The third kappa shape index (κ3) is 6.33. The number of phenols is 1. The van der Waals surface area contributed by atoms with E-state index in [2.05, 4.69) is 20.5 Å². The third-order valence-electron chi connectivity index (χ3n) is 5.83. The normalized spacial score (nSPS) is 17.6. The maximum absolute atomic E-state index is 12.6. The minimum absolute atomic E-state index is 0.0173. The van der Waals surface area contributed by atoms with Crippen molar-refractivity contribution in [1.29, 1.82) is 0 Å². The maximum Gasteiger partial charge on any atom is 0.262 e. The summed E-state index contributed by atoms with van der Waals surface area (Å²) in [5.41, 5.74) is 1.62. The Morgan fingerprint density at radius 1 is 1.17 bits per heavy atom. The Balaban J connectivity index is 1.29. The van der Waals surface area contributed by atoms with Crippen molar-refractivity contribution in [3.63, 3.8) is 0 Å². The van der Waals surface area contributed by atoms with Crippen LogP contribution in [0.1, 0.15) is 41.6 Å². The molecule has 3 amide bonds. The number of amides is 3. The number of nitrogens with one attached hydrogen (secondary N) is 2. The highest BCUT2D eigenvalue weighted by atomic mass is 32.2. The topological polar surface area (TPSA) is 120 Å². The number of aromatic hydroxyl groups is 1. The number of piperidine rings is 1. The molecule has 1 saturated heterocycles. The van der Waals surface area contributed by atoms with E-state index in [9.17, 15) is 19.5 Å². The summed E-state index contributed by atoms with van der Waals surface area (Å²) in [6, 6.07) is 11.5. The van der Waals surface area contributed by atoms with Gasteiger partial charge in [0.15, 0.2) is 16.7 Å². The molecule has 35 heavy (non-hydrogen) atoms. The number of thioether (sulfide) groups is 1. The number of rotatable bonds is 7. The molecule has 9 nitrogen and oxygen atoms in total. The molecular formula is C25H28N4O5S. The van der Waals surface area contributed by atoms with Crippen molar-refractivity contribution >= 4 is 40.3 Å². The second kappa shape index (κ2) is 11.3. The molecule has 10 heteroatoms. The molecule has 1 atom stereocenters. The van der Waals surface area contributed by atoms with Gasteiger partial charge >= 0.3 is 0 Å². The molecule has 2 aliphatic heterocycles. The lowest BCUT2D eigenvalue weighted by Gasteiger charge is -2.27. The van der Waals surface area contributed by atoms with Gasteiger partial charge in [0.1, 0.15) is 5.25 Å². The van der Waals surface area contributed by atoms with Crippen LogP contribution in [0.3, 0.4) is 0 Å². The van der Waals surface area contributed by atoms with Crippen molar-refractivity contribution in [2.75, 3.05) is 25.5 Å². The van der Waals surface area contributed by atoms with Crippen molar-refractivity contribution in [1.82, 2.24) is 10.2 Å². The third-order valence-corrected chi connectivity index (χ3v) is 7.05. The Hall–Kier alpha value is -3.53. The van der Waals surface area contributed by atoms with Gasteiger partial charge < -0.3 is 25.4 Å². The number of hydrogen-bond donors (Lipinski definition) is 3. The number of methoxy groups -OCH3 is 1. The van der Waals surface area contributed by atoms with Gasteiger partial charge in [-0.2, -0.15) is 4.99 Å². The number of benzene rings is 2. The molecule has 0 aromatic heterocycles. The number of anilines is 1. The van der Waals surface area contributed by atoms with Crippen LogP contribution in [0.15, 0.2) is 47.5 Å². The van der Waals surface area contributed by atoms with Crippen LogP contribution < -0.4 is 15.4 Å². The smallest absolute Gasteiger partial charge is 0.262 e. The highest BCUT2D eigenvalue weighted by Gasteiger charge is 2.33. The first-order valence-corrected chi connectivity index (χ1v) is 12.4. The van der Waals surface area contributed by atoms with Gasteiger partial charge in [-0.15, -0.1) is 0 Å². The minimum atomic E-state index is -0.527. The van der Waals surface area contributed by atoms with Gasteiger partial charge in [-0.05, 0) is 55.2 Å². The van der Waals surface area contributed by atoms with E-state index < -0.39 is 5.25 Å². The van der Waals surface area contributed by atoms with Crippen LogP contribution in [0.25, 0.3) is 0 Å². The molecule has 0 bridgehead atoms. The quantitative estimate of drug-likeness (QED) is 0.539. The molecule has 0 saturated carbocycles. The molecule has 1 fully saturated rings. The largest absolute Gasteiger partial charge is 0.504 e. The van der Waals surface area contributed by atoms with Gasteiger partial charge in [0.05, 0.1) is 7.11 Å². The standard InChI is InChI=1S/C25H28N4O5S/c1-34-20-12-16(8-9-19(20)30)15-26-23(32)17-6-5-7-18(13-17)27-22(31)14-21-24(33)28-25(35-21)29-10-3-2-4-11-29/h5-9,12-13,21,30H,2-4,10-11,14-15H2,1H3,(H,26,32)(H,27,31). The SMILES string of the molecule is COc1cc(CNC(=O)c2cccc(NC(=O)CC3SC(N4CCCCC4)=NC3=O)c2)ccc1O. The fraction of sp³-hybridized carbons (Fsp3) is 0.360. The molecule has 0 aliphatic carbocycles. The van der Waals surface area contributed by atoms with Gasteiger partial charge in [0.25, 0.3) is 11.8 Å². The van der Waals surface area contributed by atoms with Gasteiger partial charge in [-0.1, -0.05) is 23.9 Å². The first-order chi connectivity index (χ1) is 16.9. The fourth-order valence-corrected chi connectivity index (χ4v) is 5.08. The second-order valence-electron chi connectivity index (χ2n) is 8.41. The highest BCUT2D eigenvalue weighted by molar-refractivity contribution is 8.15. The number of nitrogens with zero attached hydrogens (tertiary/aromatic N) is 2. The molecular weight excluding hydrogens is 468 g/mol. The number of ether oxygens (including phenoxy) is 1. The molecule has 3 N–H and O–H groups in total. The van der Waals surface area contributed by atoms with Crippen LogP contribution in [0, 0.1) is 0 Å². The van der Waals surface area contributed by atoms with Crippen LogP contribution in [0.2, 0.25) is 0 Å². The minimum Gasteiger partial charge on any atom is -0.504 e. The van der Waals surface area contributed by atoms with Gasteiger partial charge in [0, 0.05) is 37.3 Å². The number of carbonyl (C=O) groups excluding carboxylic acids is 3. The Labute approximate surface area is 207 Å². The van der Waals surface area contributed by atoms with Crippen molar-refractivity contribution < 1.29 is 24.2 Å². The maximum atomic E-state index is 12.6. The van der Waals surface area contributed by atoms with Crippen molar-refractivity contribution in [3.05, 3.63) is 53.6 Å². The summed E-state index contributed by atoms with van der Waals surface area (Å²) in [6.45, 7) is 2.03. The zero-order chi connectivity index (χ0) is 24.8. The highest BCUT2D eigenvalue weighted by Crippen LogP contribution is 2.29. The summed E-state index contributed by atoms with van der Waals surface area (Å²) in [4.78, 5) is 43.8. The first-order valence-electron chi connectivity index (χ1n) is 11.5. The van der Waals surface area contributed by atoms with Crippen LogP contribution in [0.4, 0.5) is 5.69 Å². The van der Waals surface area contributed by atoms with E-state index in [1.165, 1.54) is 31.4 Å². The predicted octanol–water partition coefficient (Wildman–Crippen LogP) is 3.14. The van der Waals surface area contributed by atoms with Crippen molar-refractivity contribution in [3.8, 4) is 11.5 Å². The number of aliphatic imine (C=N–C) groups is 1. The van der Waals surface area contributed by atoms with E-state index in [4.69, 9.17) is 4.74 Å². The summed E-state index contributed by atoms with van der Waals surface area (Å²) < 4.78 is 5.09. The molecule has 1 unspecified atom stereocenters. The summed E-state index contributed by atoms with van der Waals surface area (Å²) >= 11 is 1.36. The summed E-state index contributed by atoms with van der Waals surface area (Å²) in [6.07, 6.45) is 3.39. The molecule has 4 rings (SSSR count). The number of phenolic OH excluding ortho intramolecular Hbond substituents is 1. The Kier molecular flexibility index (Phi) is 7.91. The lowest BCUT2D eigenvalue weighted by atomic mass is 10.1. The lowest BCUT2D eigenvalue weighted by molar-refractivity contribution is -0.121. The summed E-state index contributed by atoms with van der Waals surface area (Å²) in [5, 5.41) is 15.5. The molecule has 2 heterocycles. The first kappa shape index (κ1) is 24.6. The van der Waals surface area contributed by atoms with E-state index in [1.54, 1.807) is 36.4 Å². The van der Waals surface area contributed by atoms with E-state index in [1.807, 2.05) is 0 Å². The second-order valence-corrected chi connectivity index (χ2v) is 9.58. The number of carbonyl (C=O) groups is 3. The molecule has 2 aromatic carbocycles. The zero-order valence-electron chi connectivity index (χ0n) is 19.5. The summed E-state index contributed by atoms with van der Waals surface area (Å²) in [5.74, 6) is -0.537. The van der Waals surface area contributed by atoms with Gasteiger partial charge in [-0.25, -0.2) is 0 Å². The molecule has 0 spiro atoms. The fourth-order valence-electron chi connectivity index (χ4n) is 3.96. The number of likely N-dealkylation sites (tertiary alicyclic amines) is 1. The van der Waals surface area contributed by atoms with E-state index in [0.717, 1.165) is 36.7 Å². The van der Waals surface area contributed by atoms with E-state index in [0.29, 0.717) is 17.0 Å². The van der Waals surface area contributed by atoms with Crippen molar-refractivity contribution in [2.45, 2.75) is 37.5 Å². The van der Waals surface area contributed by atoms with Crippen LogP contribution >= 0.6 is 11.8 Å². The predicted molar refractivity (Wildman–Crippen MR) is 135 cm³/mol. The Morgan fingerprint density at radius 3 is 2.74 bits per heavy atom. The van der Waals surface area contributed by atoms with Crippen LogP contribution in [-0.2, 0) is 16.1 Å². The summed E-state index contributed by atoms with van der Waals surface area (Å²) in [7, 11) is 1.46. The van der Waals surface area contributed by atoms with Crippen LogP contribution in [-0.4, -0.2) is 58.3 Å². The monoisotopic (exact) mass is 496 g/mol. The van der Waals surface area contributed by atoms with E-state index in [-0.39, 0.29) is 36.4 Å². The Bertz CT molecular complexity index is 1150.